The fraction of sp³-hybridized carbons (Fsp3) is 0.500. The van der Waals surface area contributed by atoms with Gasteiger partial charge in [-0.2, -0.15) is 0 Å². The average molecular weight is 291 g/mol. The van der Waals surface area contributed by atoms with Gasteiger partial charge in [0.2, 0.25) is 0 Å². The molecule has 0 aromatic heterocycles. The lowest BCUT2D eigenvalue weighted by Gasteiger charge is -2.29. The highest BCUT2D eigenvalue weighted by molar-refractivity contribution is 5.91. The first kappa shape index (κ1) is 15.4. The Labute approximate surface area is 124 Å². The SMILES string of the molecule is Cc1ccc(OC(C)C(=O)N2CCCCC2)c(C(=O)O)c1. The van der Waals surface area contributed by atoms with Crippen molar-refractivity contribution >= 4 is 11.9 Å². The van der Waals surface area contributed by atoms with Crippen molar-refractivity contribution in [1.29, 1.82) is 0 Å². The van der Waals surface area contributed by atoms with Gasteiger partial charge in [-0.05, 0) is 45.2 Å². The normalized spacial score (nSPS) is 16.4. The smallest absolute Gasteiger partial charge is 0.339 e. The first-order valence-corrected chi connectivity index (χ1v) is 7.28. The molecule has 21 heavy (non-hydrogen) atoms. The molecule has 2 rings (SSSR count). The molecule has 0 spiro atoms. The average Bonchev–Trinajstić information content (AvgIpc) is 2.49. The van der Waals surface area contributed by atoms with E-state index in [2.05, 4.69) is 0 Å². The van der Waals surface area contributed by atoms with Crippen LogP contribution in [0, 0.1) is 6.92 Å². The molecule has 1 aliphatic rings. The van der Waals surface area contributed by atoms with Crippen LogP contribution in [0.2, 0.25) is 0 Å². The Balaban J connectivity index is 2.10. The molecule has 1 aromatic carbocycles. The van der Waals surface area contributed by atoms with E-state index < -0.39 is 12.1 Å². The van der Waals surface area contributed by atoms with Gasteiger partial charge >= 0.3 is 5.97 Å². The molecule has 1 N–H and O–H groups in total. The van der Waals surface area contributed by atoms with Gasteiger partial charge in [0, 0.05) is 13.1 Å². The Hall–Kier alpha value is -2.04. The monoisotopic (exact) mass is 291 g/mol. The van der Waals surface area contributed by atoms with Gasteiger partial charge in [-0.3, -0.25) is 4.79 Å². The molecule has 1 saturated heterocycles. The minimum absolute atomic E-state index is 0.0772. The van der Waals surface area contributed by atoms with Crippen LogP contribution in [-0.2, 0) is 4.79 Å². The number of aryl methyl sites for hydroxylation is 1. The first-order chi connectivity index (χ1) is 9.99. The zero-order valence-electron chi connectivity index (χ0n) is 12.5. The molecule has 5 nitrogen and oxygen atoms in total. The molecule has 0 radical (unpaired) electrons. The number of carbonyl (C=O) groups is 2. The van der Waals surface area contributed by atoms with Crippen LogP contribution in [0.15, 0.2) is 18.2 Å². The van der Waals surface area contributed by atoms with Crippen molar-refractivity contribution < 1.29 is 19.4 Å². The summed E-state index contributed by atoms with van der Waals surface area (Å²) in [4.78, 5) is 25.4. The lowest BCUT2D eigenvalue weighted by atomic mass is 10.1. The van der Waals surface area contributed by atoms with Gasteiger partial charge in [-0.1, -0.05) is 11.6 Å². The minimum atomic E-state index is -1.05. The first-order valence-electron chi connectivity index (χ1n) is 7.28. The maximum atomic E-state index is 12.3. The van der Waals surface area contributed by atoms with E-state index in [0.717, 1.165) is 37.9 Å². The molecular weight excluding hydrogens is 270 g/mol. The molecule has 1 amide bonds. The van der Waals surface area contributed by atoms with Crippen molar-refractivity contribution in [3.05, 3.63) is 29.3 Å². The van der Waals surface area contributed by atoms with Crippen LogP contribution in [0.4, 0.5) is 0 Å². The summed E-state index contributed by atoms with van der Waals surface area (Å²) in [6, 6.07) is 4.94. The number of piperidine rings is 1. The van der Waals surface area contributed by atoms with Crippen molar-refractivity contribution in [3.63, 3.8) is 0 Å². The number of hydrogen-bond donors (Lipinski definition) is 1. The minimum Gasteiger partial charge on any atom is -0.480 e. The maximum absolute atomic E-state index is 12.3. The fourth-order valence-corrected chi connectivity index (χ4v) is 2.53. The molecule has 114 valence electrons. The number of hydrogen-bond acceptors (Lipinski definition) is 3. The van der Waals surface area contributed by atoms with Crippen molar-refractivity contribution in [3.8, 4) is 5.75 Å². The topological polar surface area (TPSA) is 66.8 Å². The Morgan fingerprint density at radius 2 is 1.90 bits per heavy atom. The van der Waals surface area contributed by atoms with Crippen molar-refractivity contribution in [2.24, 2.45) is 0 Å². The number of carbonyl (C=O) groups excluding carboxylic acids is 1. The summed E-state index contributed by atoms with van der Waals surface area (Å²) in [5.74, 6) is -0.885. The quantitative estimate of drug-likeness (QED) is 0.925. The van der Waals surface area contributed by atoms with Crippen LogP contribution >= 0.6 is 0 Å². The second-order valence-corrected chi connectivity index (χ2v) is 5.45. The number of rotatable bonds is 4. The summed E-state index contributed by atoms with van der Waals surface area (Å²) in [5.41, 5.74) is 0.933. The Morgan fingerprint density at radius 3 is 2.52 bits per heavy atom. The van der Waals surface area contributed by atoms with E-state index in [9.17, 15) is 14.7 Å². The zero-order chi connectivity index (χ0) is 15.4. The van der Waals surface area contributed by atoms with E-state index >= 15 is 0 Å². The van der Waals surface area contributed by atoms with Crippen LogP contribution in [-0.4, -0.2) is 41.1 Å². The number of carboxylic acid groups (broad SMARTS) is 1. The number of carboxylic acids is 1. The van der Waals surface area contributed by atoms with Crippen molar-refractivity contribution in [2.45, 2.75) is 39.2 Å². The fourth-order valence-electron chi connectivity index (χ4n) is 2.53. The van der Waals surface area contributed by atoms with E-state index in [1.54, 1.807) is 30.0 Å². The predicted molar refractivity (Wildman–Crippen MR) is 78.7 cm³/mol. The van der Waals surface area contributed by atoms with E-state index in [1.807, 2.05) is 6.92 Å². The van der Waals surface area contributed by atoms with Gasteiger partial charge in [0.05, 0.1) is 0 Å². The summed E-state index contributed by atoms with van der Waals surface area (Å²) < 4.78 is 5.60. The molecule has 1 aliphatic heterocycles. The highest BCUT2D eigenvalue weighted by Gasteiger charge is 2.24. The molecular formula is C16H21NO4. The molecule has 1 unspecified atom stereocenters. The van der Waals surface area contributed by atoms with Crippen LogP contribution in [0.3, 0.4) is 0 Å². The number of benzene rings is 1. The van der Waals surface area contributed by atoms with Gasteiger partial charge in [0.15, 0.2) is 6.10 Å². The van der Waals surface area contributed by atoms with E-state index in [4.69, 9.17) is 4.74 Å². The molecule has 1 atom stereocenters. The Kier molecular flexibility index (Phi) is 4.83. The number of nitrogens with zero attached hydrogens (tertiary/aromatic N) is 1. The van der Waals surface area contributed by atoms with E-state index in [0.29, 0.717) is 0 Å². The van der Waals surface area contributed by atoms with Crippen LogP contribution < -0.4 is 4.74 Å². The highest BCUT2D eigenvalue weighted by Crippen LogP contribution is 2.22. The van der Waals surface area contributed by atoms with Gasteiger partial charge < -0.3 is 14.7 Å². The summed E-state index contributed by atoms with van der Waals surface area (Å²) >= 11 is 0. The van der Waals surface area contributed by atoms with Crippen molar-refractivity contribution in [2.75, 3.05) is 13.1 Å². The molecule has 0 saturated carbocycles. The van der Waals surface area contributed by atoms with Crippen LogP contribution in [0.5, 0.6) is 5.75 Å². The molecule has 0 aliphatic carbocycles. The summed E-state index contributed by atoms with van der Waals surface area (Å²) in [6.07, 6.45) is 2.51. The van der Waals surface area contributed by atoms with Gasteiger partial charge in [0.1, 0.15) is 11.3 Å². The Morgan fingerprint density at radius 1 is 1.24 bits per heavy atom. The second kappa shape index (κ2) is 6.61. The maximum Gasteiger partial charge on any atom is 0.339 e. The number of likely N-dealkylation sites (tertiary alicyclic amines) is 1. The molecule has 0 bridgehead atoms. The lowest BCUT2D eigenvalue weighted by Crippen LogP contribution is -2.43. The third-order valence-corrected chi connectivity index (χ3v) is 3.68. The highest BCUT2D eigenvalue weighted by atomic mass is 16.5. The van der Waals surface area contributed by atoms with E-state index in [-0.39, 0.29) is 17.2 Å². The Bertz CT molecular complexity index is 535. The van der Waals surface area contributed by atoms with Crippen LogP contribution in [0.25, 0.3) is 0 Å². The molecule has 1 fully saturated rings. The lowest BCUT2D eigenvalue weighted by molar-refractivity contribution is -0.138. The largest absolute Gasteiger partial charge is 0.480 e. The summed E-state index contributed by atoms with van der Waals surface area (Å²) in [6.45, 7) is 5.00. The number of ether oxygens (including phenoxy) is 1. The zero-order valence-corrected chi connectivity index (χ0v) is 12.5. The molecule has 1 heterocycles. The predicted octanol–water partition coefficient (Wildman–Crippen LogP) is 2.47. The third-order valence-electron chi connectivity index (χ3n) is 3.68. The number of amides is 1. The molecule has 5 heteroatoms. The van der Waals surface area contributed by atoms with Crippen molar-refractivity contribution in [1.82, 2.24) is 4.90 Å². The number of aromatic carboxylic acids is 1. The standard InChI is InChI=1S/C16H21NO4/c1-11-6-7-14(13(10-11)16(19)20)21-12(2)15(18)17-8-4-3-5-9-17/h6-7,10,12H,3-5,8-9H2,1-2H3,(H,19,20). The van der Waals surface area contributed by atoms with Gasteiger partial charge in [-0.25, -0.2) is 4.79 Å². The second-order valence-electron chi connectivity index (χ2n) is 5.45. The van der Waals surface area contributed by atoms with E-state index in [1.165, 1.54) is 0 Å². The molecule has 1 aromatic rings. The summed E-state index contributed by atoms with van der Waals surface area (Å²) in [7, 11) is 0. The van der Waals surface area contributed by atoms with Gasteiger partial charge in [0.25, 0.3) is 5.91 Å². The van der Waals surface area contributed by atoms with Gasteiger partial charge in [-0.15, -0.1) is 0 Å². The van der Waals surface area contributed by atoms with Crippen LogP contribution in [0.1, 0.15) is 42.1 Å². The third kappa shape index (κ3) is 3.74. The summed E-state index contributed by atoms with van der Waals surface area (Å²) in [5, 5.41) is 9.21.